The second-order valence-corrected chi connectivity index (χ2v) is 7.31. The summed E-state index contributed by atoms with van der Waals surface area (Å²) in [6.07, 6.45) is -1.79. The fraction of sp³-hybridized carbons (Fsp3) is 0.143. The lowest BCUT2D eigenvalue weighted by atomic mass is 10.1. The van der Waals surface area contributed by atoms with E-state index in [0.29, 0.717) is 15.5 Å². The van der Waals surface area contributed by atoms with Crippen molar-refractivity contribution in [1.29, 1.82) is 0 Å². The maximum Gasteiger partial charge on any atom is 0.341 e. The van der Waals surface area contributed by atoms with Crippen LogP contribution in [0, 0.1) is 0 Å². The Balaban J connectivity index is 1.84. The molecule has 1 amide bonds. The Morgan fingerprint density at radius 1 is 1.14 bits per heavy atom. The first kappa shape index (κ1) is 20.0. The molecule has 0 spiro atoms. The normalized spacial score (nSPS) is 11.7. The Labute approximate surface area is 170 Å². The van der Waals surface area contributed by atoms with Gasteiger partial charge in [-0.05, 0) is 23.3 Å². The van der Waals surface area contributed by atoms with Crippen molar-refractivity contribution in [2.45, 2.75) is 12.6 Å². The zero-order valence-electron chi connectivity index (χ0n) is 14.9. The molecular weight excluding hydrogens is 401 g/mol. The third kappa shape index (κ3) is 4.58. The number of carbonyl (C=O) groups is 2. The number of carbonyl (C=O) groups excluding carboxylic acids is 2. The predicted molar refractivity (Wildman–Crippen MR) is 110 cm³/mol. The van der Waals surface area contributed by atoms with Crippen LogP contribution in [0.1, 0.15) is 15.9 Å². The quantitative estimate of drug-likeness (QED) is 0.548. The van der Waals surface area contributed by atoms with E-state index in [9.17, 15) is 14.0 Å². The Bertz CT molecular complexity index is 973. The van der Waals surface area contributed by atoms with Gasteiger partial charge in [0.1, 0.15) is 5.56 Å². The highest BCUT2D eigenvalue weighted by Crippen LogP contribution is 2.37. The van der Waals surface area contributed by atoms with Crippen molar-refractivity contribution >= 4 is 40.5 Å². The number of amides is 1. The first-order chi connectivity index (χ1) is 13.5. The van der Waals surface area contributed by atoms with Gasteiger partial charge in [0.25, 0.3) is 5.91 Å². The molecule has 1 unspecified atom stereocenters. The SMILES string of the molecule is COC(=O)c1c(NC(=O)C(F)Cc2ccccc2)csc1-c1ccc(Cl)cc1. The zero-order valence-corrected chi connectivity index (χ0v) is 16.5. The lowest BCUT2D eigenvalue weighted by Crippen LogP contribution is -2.26. The fourth-order valence-corrected chi connectivity index (χ4v) is 3.81. The van der Waals surface area contributed by atoms with Crippen LogP contribution in [0.4, 0.5) is 10.1 Å². The number of thiophene rings is 1. The molecule has 0 saturated carbocycles. The second-order valence-electron chi connectivity index (χ2n) is 6.00. The summed E-state index contributed by atoms with van der Waals surface area (Å²) in [4.78, 5) is 25.2. The van der Waals surface area contributed by atoms with Crippen LogP contribution in [0.5, 0.6) is 0 Å². The Kier molecular flexibility index (Phi) is 6.44. The number of ether oxygens (including phenoxy) is 1. The molecule has 0 fully saturated rings. The van der Waals surface area contributed by atoms with Crippen molar-refractivity contribution < 1.29 is 18.7 Å². The van der Waals surface area contributed by atoms with Crippen LogP contribution in [0.2, 0.25) is 5.02 Å². The summed E-state index contributed by atoms with van der Waals surface area (Å²) >= 11 is 7.17. The van der Waals surface area contributed by atoms with Gasteiger partial charge in [-0.2, -0.15) is 0 Å². The Morgan fingerprint density at radius 2 is 1.82 bits per heavy atom. The summed E-state index contributed by atoms with van der Waals surface area (Å²) in [7, 11) is 1.25. The lowest BCUT2D eigenvalue weighted by molar-refractivity contribution is -0.120. The number of hydrogen-bond acceptors (Lipinski definition) is 4. The van der Waals surface area contributed by atoms with E-state index < -0.39 is 18.0 Å². The molecule has 7 heteroatoms. The first-order valence-electron chi connectivity index (χ1n) is 8.44. The lowest BCUT2D eigenvalue weighted by Gasteiger charge is -2.11. The minimum absolute atomic E-state index is 0.0472. The summed E-state index contributed by atoms with van der Waals surface area (Å²) in [5, 5.41) is 4.68. The molecule has 4 nitrogen and oxygen atoms in total. The summed E-state index contributed by atoms with van der Waals surface area (Å²) in [6.45, 7) is 0. The molecule has 3 rings (SSSR count). The third-order valence-corrected chi connectivity index (χ3v) is 5.37. The van der Waals surface area contributed by atoms with Gasteiger partial charge >= 0.3 is 5.97 Å². The number of methoxy groups -OCH3 is 1. The molecule has 1 atom stereocenters. The topological polar surface area (TPSA) is 55.4 Å². The molecule has 3 aromatic rings. The number of esters is 1. The average Bonchev–Trinajstić information content (AvgIpc) is 3.12. The monoisotopic (exact) mass is 417 g/mol. The van der Waals surface area contributed by atoms with Crippen LogP contribution in [0.3, 0.4) is 0 Å². The Hall–Kier alpha value is -2.70. The van der Waals surface area contributed by atoms with E-state index in [1.807, 2.05) is 6.07 Å². The molecule has 0 aliphatic heterocycles. The van der Waals surface area contributed by atoms with Crippen molar-refractivity contribution in [3.63, 3.8) is 0 Å². The zero-order chi connectivity index (χ0) is 20.1. The minimum atomic E-state index is -1.74. The maximum absolute atomic E-state index is 14.4. The third-order valence-electron chi connectivity index (χ3n) is 4.09. The van der Waals surface area contributed by atoms with E-state index in [0.717, 1.165) is 5.56 Å². The minimum Gasteiger partial charge on any atom is -0.465 e. The molecule has 0 radical (unpaired) electrons. The van der Waals surface area contributed by atoms with E-state index in [2.05, 4.69) is 5.32 Å². The smallest absolute Gasteiger partial charge is 0.341 e. The van der Waals surface area contributed by atoms with E-state index in [4.69, 9.17) is 16.3 Å². The highest BCUT2D eigenvalue weighted by Gasteiger charge is 2.25. The number of nitrogens with one attached hydrogen (secondary N) is 1. The number of halogens is 2. The van der Waals surface area contributed by atoms with Crippen molar-refractivity contribution in [3.05, 3.63) is 76.1 Å². The van der Waals surface area contributed by atoms with E-state index in [1.54, 1.807) is 53.9 Å². The highest BCUT2D eigenvalue weighted by atomic mass is 35.5. The van der Waals surface area contributed by atoms with Gasteiger partial charge < -0.3 is 10.1 Å². The Morgan fingerprint density at radius 3 is 2.46 bits per heavy atom. The van der Waals surface area contributed by atoms with Crippen molar-refractivity contribution in [3.8, 4) is 10.4 Å². The van der Waals surface area contributed by atoms with E-state index in [1.165, 1.54) is 18.4 Å². The number of hydrogen-bond donors (Lipinski definition) is 1. The number of alkyl halides is 1. The van der Waals surface area contributed by atoms with Crippen LogP contribution < -0.4 is 5.32 Å². The maximum atomic E-state index is 14.4. The van der Waals surface area contributed by atoms with Crippen molar-refractivity contribution in [1.82, 2.24) is 0 Å². The largest absolute Gasteiger partial charge is 0.465 e. The van der Waals surface area contributed by atoms with Crippen molar-refractivity contribution in [2.24, 2.45) is 0 Å². The average molecular weight is 418 g/mol. The molecule has 1 N–H and O–H groups in total. The van der Waals surface area contributed by atoms with Crippen LogP contribution in [-0.4, -0.2) is 25.2 Å². The van der Waals surface area contributed by atoms with Gasteiger partial charge in [0.15, 0.2) is 6.17 Å². The summed E-state index contributed by atoms with van der Waals surface area (Å²) in [6, 6.07) is 15.8. The van der Waals surface area contributed by atoms with Crippen LogP contribution >= 0.6 is 22.9 Å². The first-order valence-corrected chi connectivity index (χ1v) is 9.70. The van der Waals surface area contributed by atoms with E-state index >= 15 is 0 Å². The standard InChI is InChI=1S/C21H17ClFNO3S/c1-27-21(26)18-17(12-28-19(18)14-7-9-15(22)10-8-14)24-20(25)16(23)11-13-5-3-2-4-6-13/h2-10,12,16H,11H2,1H3,(H,24,25). The van der Waals surface area contributed by atoms with Gasteiger partial charge in [-0.3, -0.25) is 4.79 Å². The van der Waals surface area contributed by atoms with Gasteiger partial charge in [0, 0.05) is 16.8 Å². The number of anilines is 1. The second kappa shape index (κ2) is 8.99. The molecular formula is C21H17ClFNO3S. The van der Waals surface area contributed by atoms with Gasteiger partial charge in [-0.15, -0.1) is 11.3 Å². The number of rotatable bonds is 6. The highest BCUT2D eigenvalue weighted by molar-refractivity contribution is 7.14. The molecule has 0 aliphatic carbocycles. The number of benzene rings is 2. The molecule has 0 bridgehead atoms. The van der Waals surface area contributed by atoms with Crippen molar-refractivity contribution in [2.75, 3.05) is 12.4 Å². The van der Waals surface area contributed by atoms with Gasteiger partial charge in [0.2, 0.25) is 0 Å². The van der Waals surface area contributed by atoms with Crippen LogP contribution in [-0.2, 0) is 16.0 Å². The van der Waals surface area contributed by atoms with Crippen LogP contribution in [0.25, 0.3) is 10.4 Å². The molecule has 0 aliphatic rings. The van der Waals surface area contributed by atoms with Gasteiger partial charge in [-0.1, -0.05) is 54.1 Å². The molecule has 28 heavy (non-hydrogen) atoms. The summed E-state index contributed by atoms with van der Waals surface area (Å²) in [5.74, 6) is -1.42. The molecule has 2 aromatic carbocycles. The predicted octanol–water partition coefficient (Wildman–Crippen LogP) is 5.37. The summed E-state index contributed by atoms with van der Waals surface area (Å²) in [5.41, 5.74) is 1.87. The molecule has 144 valence electrons. The molecule has 1 heterocycles. The van der Waals surface area contributed by atoms with Crippen LogP contribution in [0.15, 0.2) is 60.0 Å². The van der Waals surface area contributed by atoms with Gasteiger partial charge in [-0.25, -0.2) is 9.18 Å². The fourth-order valence-electron chi connectivity index (χ4n) is 2.69. The van der Waals surface area contributed by atoms with Gasteiger partial charge in [0.05, 0.1) is 17.7 Å². The molecule has 1 aromatic heterocycles. The van der Waals surface area contributed by atoms with E-state index in [-0.39, 0.29) is 17.7 Å². The molecule has 0 saturated heterocycles. The summed E-state index contributed by atoms with van der Waals surface area (Å²) < 4.78 is 19.3.